The molecule has 206 valence electrons. The predicted octanol–water partition coefficient (Wildman–Crippen LogP) is 5.86. The van der Waals surface area contributed by atoms with Crippen molar-refractivity contribution in [3.8, 4) is 0 Å². The maximum atomic E-state index is 12.8. The molecule has 38 heavy (non-hydrogen) atoms. The Morgan fingerprint density at radius 3 is 2.18 bits per heavy atom. The highest BCUT2D eigenvalue weighted by Gasteiger charge is 2.39. The van der Waals surface area contributed by atoms with Crippen LogP contribution in [0.4, 0.5) is 24.5 Å². The molecule has 2 aromatic carbocycles. The number of anilines is 2. The summed E-state index contributed by atoms with van der Waals surface area (Å²) in [4.78, 5) is 20.0. The monoisotopic (exact) mass is 546 g/mol. The molecule has 5 nitrogen and oxygen atoms in total. The zero-order chi connectivity index (χ0) is 26.7. The molecule has 3 aliphatic rings. The van der Waals surface area contributed by atoms with E-state index in [-0.39, 0.29) is 28.6 Å². The standard InChI is InChI=1S/C29H37F3N4OS/c1-21-4-8-26(9-5-21)36-19-22-17-34(18-23(22)20-36)14-2-3-28(37)35-15-12-25(13-16-35)33-24-6-10-27(11-7-24)38-29(30,31)32/h4-11,22-23,25,33H,2-3,12-20H2,1H3. The molecule has 3 saturated heterocycles. The average molecular weight is 547 g/mol. The Labute approximate surface area is 227 Å². The van der Waals surface area contributed by atoms with Crippen LogP contribution in [0.25, 0.3) is 0 Å². The summed E-state index contributed by atoms with van der Waals surface area (Å²) in [5.74, 6) is 1.68. The van der Waals surface area contributed by atoms with Crippen LogP contribution in [-0.4, -0.2) is 73.1 Å². The van der Waals surface area contributed by atoms with Gasteiger partial charge in [0.25, 0.3) is 0 Å². The Hall–Kier alpha value is -2.39. The van der Waals surface area contributed by atoms with Crippen LogP contribution in [-0.2, 0) is 4.79 Å². The number of rotatable bonds is 8. The van der Waals surface area contributed by atoms with Gasteiger partial charge in [-0.15, -0.1) is 0 Å². The van der Waals surface area contributed by atoms with E-state index in [2.05, 4.69) is 46.3 Å². The lowest BCUT2D eigenvalue weighted by molar-refractivity contribution is -0.132. The summed E-state index contributed by atoms with van der Waals surface area (Å²) in [6, 6.07) is 15.4. The van der Waals surface area contributed by atoms with Crippen LogP contribution in [0.1, 0.15) is 31.2 Å². The molecule has 0 radical (unpaired) electrons. The van der Waals surface area contributed by atoms with Gasteiger partial charge in [0, 0.05) is 68.0 Å². The number of thioether (sulfide) groups is 1. The molecule has 0 aliphatic carbocycles. The van der Waals surface area contributed by atoms with Crippen molar-refractivity contribution in [1.29, 1.82) is 0 Å². The van der Waals surface area contributed by atoms with E-state index in [4.69, 9.17) is 0 Å². The Bertz CT molecular complexity index is 1060. The van der Waals surface area contributed by atoms with Gasteiger partial charge in [0.2, 0.25) is 5.91 Å². The minimum absolute atomic E-state index is 0.0999. The second-order valence-electron chi connectivity index (χ2n) is 11.0. The van der Waals surface area contributed by atoms with Crippen LogP contribution in [0.5, 0.6) is 0 Å². The van der Waals surface area contributed by atoms with E-state index in [0.717, 1.165) is 82.6 Å². The highest BCUT2D eigenvalue weighted by molar-refractivity contribution is 8.00. The molecule has 1 N–H and O–H groups in total. The molecular weight excluding hydrogens is 509 g/mol. The number of alkyl halides is 3. The highest BCUT2D eigenvalue weighted by atomic mass is 32.2. The number of nitrogens with one attached hydrogen (secondary N) is 1. The molecule has 3 heterocycles. The van der Waals surface area contributed by atoms with Crippen molar-refractivity contribution in [2.45, 2.75) is 49.1 Å². The molecule has 0 saturated carbocycles. The minimum atomic E-state index is -4.27. The van der Waals surface area contributed by atoms with E-state index >= 15 is 0 Å². The van der Waals surface area contributed by atoms with Crippen LogP contribution in [0.2, 0.25) is 0 Å². The quantitative estimate of drug-likeness (QED) is 0.420. The largest absolute Gasteiger partial charge is 0.446 e. The van der Waals surface area contributed by atoms with Crippen LogP contribution >= 0.6 is 11.8 Å². The van der Waals surface area contributed by atoms with E-state index in [1.165, 1.54) is 23.4 Å². The molecule has 9 heteroatoms. The summed E-state index contributed by atoms with van der Waals surface area (Å²) in [6.45, 7) is 9.08. The normalized spacial score (nSPS) is 22.6. The Morgan fingerprint density at radius 1 is 0.947 bits per heavy atom. The summed E-state index contributed by atoms with van der Waals surface area (Å²) in [5.41, 5.74) is -0.825. The van der Waals surface area contributed by atoms with Gasteiger partial charge in [-0.2, -0.15) is 13.2 Å². The van der Waals surface area contributed by atoms with E-state index in [1.807, 2.05) is 4.90 Å². The second kappa shape index (κ2) is 11.8. The first-order valence-electron chi connectivity index (χ1n) is 13.7. The Balaban J connectivity index is 0.972. The molecule has 0 bridgehead atoms. The fraction of sp³-hybridized carbons (Fsp3) is 0.552. The summed E-state index contributed by atoms with van der Waals surface area (Å²) in [7, 11) is 0. The Morgan fingerprint density at radius 2 is 1.58 bits per heavy atom. The van der Waals surface area contributed by atoms with Gasteiger partial charge in [-0.3, -0.25) is 4.79 Å². The fourth-order valence-corrected chi connectivity index (χ4v) is 6.65. The third-order valence-electron chi connectivity index (χ3n) is 8.13. The molecule has 0 aromatic heterocycles. The molecule has 3 aliphatic heterocycles. The number of halogens is 3. The number of likely N-dealkylation sites (tertiary alicyclic amines) is 2. The smallest absolute Gasteiger partial charge is 0.382 e. The maximum absolute atomic E-state index is 12.8. The molecule has 1 amide bonds. The first kappa shape index (κ1) is 27.2. The van der Waals surface area contributed by atoms with E-state index in [1.54, 1.807) is 12.1 Å². The second-order valence-corrected chi connectivity index (χ2v) is 12.1. The topological polar surface area (TPSA) is 38.8 Å². The third kappa shape index (κ3) is 7.17. The highest BCUT2D eigenvalue weighted by Crippen LogP contribution is 2.37. The summed E-state index contributed by atoms with van der Waals surface area (Å²) in [5, 5.41) is 3.41. The van der Waals surface area contributed by atoms with Gasteiger partial charge in [0.15, 0.2) is 0 Å². The molecule has 5 rings (SSSR count). The van der Waals surface area contributed by atoms with Crippen molar-refractivity contribution in [2.24, 2.45) is 11.8 Å². The van der Waals surface area contributed by atoms with Gasteiger partial charge in [0.05, 0.1) is 0 Å². The number of hydrogen-bond acceptors (Lipinski definition) is 5. The fourth-order valence-electron chi connectivity index (χ4n) is 6.11. The predicted molar refractivity (Wildman–Crippen MR) is 148 cm³/mol. The molecule has 3 fully saturated rings. The van der Waals surface area contributed by atoms with Gasteiger partial charge in [0.1, 0.15) is 0 Å². The average Bonchev–Trinajstić information content (AvgIpc) is 3.44. The zero-order valence-electron chi connectivity index (χ0n) is 21.9. The number of piperidine rings is 1. The van der Waals surface area contributed by atoms with Gasteiger partial charge in [-0.05, 0) is 92.7 Å². The molecule has 2 atom stereocenters. The molecule has 2 unspecified atom stereocenters. The van der Waals surface area contributed by atoms with Crippen LogP contribution < -0.4 is 10.2 Å². The Kier molecular flexibility index (Phi) is 8.43. The minimum Gasteiger partial charge on any atom is -0.382 e. The summed E-state index contributed by atoms with van der Waals surface area (Å²) in [6.07, 6.45) is 3.19. The SMILES string of the molecule is Cc1ccc(N2CC3CN(CCCC(=O)N4CCC(Nc5ccc(SC(F)(F)F)cc5)CC4)CC3C2)cc1. The van der Waals surface area contributed by atoms with Crippen LogP contribution in [0, 0.1) is 18.8 Å². The number of aryl methyl sites for hydroxylation is 1. The van der Waals surface area contributed by atoms with Crippen molar-refractivity contribution >= 4 is 29.0 Å². The number of amides is 1. The third-order valence-corrected chi connectivity index (χ3v) is 8.87. The van der Waals surface area contributed by atoms with Crippen molar-refractivity contribution in [2.75, 3.05) is 56.0 Å². The first-order valence-corrected chi connectivity index (χ1v) is 14.5. The lowest BCUT2D eigenvalue weighted by Crippen LogP contribution is -2.42. The number of fused-ring (bicyclic) bond motifs is 1. The first-order chi connectivity index (χ1) is 18.2. The number of carbonyl (C=O) groups excluding carboxylic acids is 1. The summed E-state index contributed by atoms with van der Waals surface area (Å²) < 4.78 is 37.5. The number of benzene rings is 2. The van der Waals surface area contributed by atoms with Crippen molar-refractivity contribution in [1.82, 2.24) is 9.80 Å². The molecule has 0 spiro atoms. The van der Waals surface area contributed by atoms with Crippen molar-refractivity contribution in [3.63, 3.8) is 0 Å². The van der Waals surface area contributed by atoms with E-state index < -0.39 is 5.51 Å². The van der Waals surface area contributed by atoms with Crippen LogP contribution in [0.3, 0.4) is 0 Å². The van der Waals surface area contributed by atoms with Crippen molar-refractivity contribution in [3.05, 3.63) is 54.1 Å². The van der Waals surface area contributed by atoms with Gasteiger partial charge >= 0.3 is 5.51 Å². The van der Waals surface area contributed by atoms with Gasteiger partial charge in [-0.1, -0.05) is 17.7 Å². The van der Waals surface area contributed by atoms with E-state index in [9.17, 15) is 18.0 Å². The summed E-state index contributed by atoms with van der Waals surface area (Å²) >= 11 is -0.0999. The molecule has 2 aromatic rings. The molecular formula is C29H37F3N4OS. The van der Waals surface area contributed by atoms with Crippen LogP contribution in [0.15, 0.2) is 53.4 Å². The lowest BCUT2D eigenvalue weighted by atomic mass is 10.0. The number of hydrogen-bond donors (Lipinski definition) is 1. The van der Waals surface area contributed by atoms with Gasteiger partial charge in [-0.25, -0.2) is 0 Å². The maximum Gasteiger partial charge on any atom is 0.446 e. The lowest BCUT2D eigenvalue weighted by Gasteiger charge is -2.33. The number of carbonyl (C=O) groups is 1. The zero-order valence-corrected chi connectivity index (χ0v) is 22.7. The number of nitrogens with zero attached hydrogens (tertiary/aromatic N) is 3. The van der Waals surface area contributed by atoms with E-state index in [0.29, 0.717) is 6.42 Å². The van der Waals surface area contributed by atoms with Gasteiger partial charge < -0.3 is 20.0 Å². The van der Waals surface area contributed by atoms with Crippen molar-refractivity contribution < 1.29 is 18.0 Å².